The van der Waals surface area contributed by atoms with Crippen LogP contribution in [0.25, 0.3) is 0 Å². The molecule has 0 aromatic heterocycles. The van der Waals surface area contributed by atoms with Gasteiger partial charge in [0.25, 0.3) is 0 Å². The van der Waals surface area contributed by atoms with E-state index < -0.39 is 0 Å². The third-order valence-corrected chi connectivity index (χ3v) is 1.37. The van der Waals surface area contributed by atoms with E-state index in [-0.39, 0.29) is 5.91 Å². The van der Waals surface area contributed by atoms with Crippen molar-refractivity contribution in [3.8, 4) is 0 Å². The van der Waals surface area contributed by atoms with Crippen LogP contribution < -0.4 is 5.32 Å². The summed E-state index contributed by atoms with van der Waals surface area (Å²) in [6.07, 6.45) is 3.09. The van der Waals surface area contributed by atoms with E-state index in [1.165, 1.54) is 0 Å². The molecule has 0 heterocycles. The van der Waals surface area contributed by atoms with Gasteiger partial charge < -0.3 is 5.32 Å². The van der Waals surface area contributed by atoms with Gasteiger partial charge in [-0.2, -0.15) is 0 Å². The summed E-state index contributed by atoms with van der Waals surface area (Å²) < 4.78 is 0. The smallest absolute Gasteiger partial charge is 0.223 e. The first kappa shape index (κ1) is 10.2. The third kappa shape index (κ3) is 7.10. The highest BCUT2D eigenvalue weighted by Crippen LogP contribution is 1.96. The molecule has 0 radical (unpaired) electrons. The van der Waals surface area contributed by atoms with E-state index in [0.717, 1.165) is 13.0 Å². The summed E-state index contributed by atoms with van der Waals surface area (Å²) in [5.74, 6) is 0.722. The molecule has 0 aromatic carbocycles. The molecule has 1 amide bonds. The van der Waals surface area contributed by atoms with Gasteiger partial charge >= 0.3 is 0 Å². The van der Waals surface area contributed by atoms with Crippen molar-refractivity contribution >= 4 is 5.91 Å². The van der Waals surface area contributed by atoms with E-state index in [1.807, 2.05) is 0 Å². The van der Waals surface area contributed by atoms with Crippen LogP contribution in [0.5, 0.6) is 0 Å². The predicted molar refractivity (Wildman–Crippen MR) is 47.3 cm³/mol. The highest BCUT2D eigenvalue weighted by molar-refractivity contribution is 5.77. The molecule has 64 valence electrons. The van der Waals surface area contributed by atoms with Crippen LogP contribution in [0.2, 0.25) is 0 Å². The number of amides is 1. The Bertz CT molecular complexity index is 130. The van der Waals surface area contributed by atoms with Gasteiger partial charge in [-0.1, -0.05) is 19.9 Å². The Labute approximate surface area is 68.7 Å². The van der Waals surface area contributed by atoms with Crippen molar-refractivity contribution < 1.29 is 4.79 Å². The second-order valence-corrected chi connectivity index (χ2v) is 3.03. The highest BCUT2D eigenvalue weighted by Gasteiger charge is 1.97. The molecule has 0 spiro atoms. The van der Waals surface area contributed by atoms with E-state index in [2.05, 4.69) is 25.7 Å². The summed E-state index contributed by atoms with van der Waals surface area (Å²) in [5, 5.41) is 2.80. The SMILES string of the molecule is C=CCC(=O)NCCC(C)C. The first-order chi connectivity index (χ1) is 5.16. The van der Waals surface area contributed by atoms with Crippen LogP contribution in [0.3, 0.4) is 0 Å². The molecule has 2 nitrogen and oxygen atoms in total. The number of nitrogens with one attached hydrogen (secondary N) is 1. The molecule has 11 heavy (non-hydrogen) atoms. The van der Waals surface area contributed by atoms with Crippen LogP contribution in [0.4, 0.5) is 0 Å². The molecular weight excluding hydrogens is 138 g/mol. The largest absolute Gasteiger partial charge is 0.356 e. The Morgan fingerprint density at radius 2 is 2.27 bits per heavy atom. The van der Waals surface area contributed by atoms with Crippen LogP contribution in [-0.4, -0.2) is 12.5 Å². The number of hydrogen-bond acceptors (Lipinski definition) is 1. The van der Waals surface area contributed by atoms with E-state index in [4.69, 9.17) is 0 Å². The molecular formula is C9H17NO. The summed E-state index contributed by atoms with van der Waals surface area (Å²) in [6.45, 7) is 8.54. The highest BCUT2D eigenvalue weighted by atomic mass is 16.1. The van der Waals surface area contributed by atoms with Crippen LogP contribution >= 0.6 is 0 Å². The fourth-order valence-electron chi connectivity index (χ4n) is 0.704. The maximum atomic E-state index is 10.8. The number of carbonyl (C=O) groups excluding carboxylic acids is 1. The minimum Gasteiger partial charge on any atom is -0.356 e. The van der Waals surface area contributed by atoms with Crippen LogP contribution in [0, 0.1) is 5.92 Å². The van der Waals surface area contributed by atoms with Crippen molar-refractivity contribution in [2.75, 3.05) is 6.54 Å². The monoisotopic (exact) mass is 155 g/mol. The number of carbonyl (C=O) groups is 1. The van der Waals surface area contributed by atoms with Crippen molar-refractivity contribution in [2.24, 2.45) is 5.92 Å². The van der Waals surface area contributed by atoms with Gasteiger partial charge in [-0.3, -0.25) is 4.79 Å². The normalized spacial score (nSPS) is 9.73. The quantitative estimate of drug-likeness (QED) is 0.602. The van der Waals surface area contributed by atoms with Gasteiger partial charge in [-0.15, -0.1) is 6.58 Å². The molecule has 2 heteroatoms. The lowest BCUT2D eigenvalue weighted by Crippen LogP contribution is -2.24. The summed E-state index contributed by atoms with van der Waals surface area (Å²) >= 11 is 0. The zero-order valence-corrected chi connectivity index (χ0v) is 7.39. The Hall–Kier alpha value is -0.790. The fraction of sp³-hybridized carbons (Fsp3) is 0.667. The Balaban J connectivity index is 3.24. The van der Waals surface area contributed by atoms with Gasteiger partial charge in [0, 0.05) is 13.0 Å². The van der Waals surface area contributed by atoms with Gasteiger partial charge in [0.15, 0.2) is 0 Å². The molecule has 0 bridgehead atoms. The topological polar surface area (TPSA) is 29.1 Å². The van der Waals surface area contributed by atoms with Crippen LogP contribution in [0.15, 0.2) is 12.7 Å². The fourth-order valence-corrected chi connectivity index (χ4v) is 0.704. The number of rotatable bonds is 5. The average molecular weight is 155 g/mol. The second-order valence-electron chi connectivity index (χ2n) is 3.03. The zero-order valence-electron chi connectivity index (χ0n) is 7.39. The summed E-state index contributed by atoms with van der Waals surface area (Å²) in [6, 6.07) is 0. The lowest BCUT2D eigenvalue weighted by Gasteiger charge is -2.05. The Morgan fingerprint density at radius 1 is 1.64 bits per heavy atom. The maximum absolute atomic E-state index is 10.8. The first-order valence-corrected chi connectivity index (χ1v) is 4.04. The van der Waals surface area contributed by atoms with Gasteiger partial charge in [0.1, 0.15) is 0 Å². The molecule has 0 aliphatic carbocycles. The molecule has 0 fully saturated rings. The van der Waals surface area contributed by atoms with Gasteiger partial charge in [0.05, 0.1) is 0 Å². The Morgan fingerprint density at radius 3 is 2.73 bits per heavy atom. The lowest BCUT2D eigenvalue weighted by molar-refractivity contribution is -0.120. The molecule has 0 rings (SSSR count). The first-order valence-electron chi connectivity index (χ1n) is 4.04. The summed E-state index contributed by atoms with van der Waals surface area (Å²) in [4.78, 5) is 10.8. The van der Waals surface area contributed by atoms with Gasteiger partial charge in [-0.25, -0.2) is 0 Å². The van der Waals surface area contributed by atoms with E-state index in [1.54, 1.807) is 6.08 Å². The van der Waals surface area contributed by atoms with Crippen LogP contribution in [0.1, 0.15) is 26.7 Å². The molecule has 0 unspecified atom stereocenters. The molecule has 0 saturated carbocycles. The lowest BCUT2D eigenvalue weighted by atomic mass is 10.1. The number of hydrogen-bond donors (Lipinski definition) is 1. The van der Waals surface area contributed by atoms with Crippen LogP contribution in [-0.2, 0) is 4.79 Å². The predicted octanol–water partition coefficient (Wildman–Crippen LogP) is 1.72. The van der Waals surface area contributed by atoms with Crippen molar-refractivity contribution in [2.45, 2.75) is 26.7 Å². The zero-order chi connectivity index (χ0) is 8.69. The molecule has 0 aliphatic heterocycles. The molecule has 0 saturated heterocycles. The molecule has 1 N–H and O–H groups in total. The Kier molecular flexibility index (Phi) is 5.53. The average Bonchev–Trinajstić information content (AvgIpc) is 1.87. The minimum atomic E-state index is 0.0700. The van der Waals surface area contributed by atoms with Crippen molar-refractivity contribution in [3.05, 3.63) is 12.7 Å². The van der Waals surface area contributed by atoms with Crippen molar-refractivity contribution in [1.29, 1.82) is 0 Å². The van der Waals surface area contributed by atoms with Crippen molar-refractivity contribution in [1.82, 2.24) is 5.32 Å². The van der Waals surface area contributed by atoms with E-state index in [0.29, 0.717) is 12.3 Å². The van der Waals surface area contributed by atoms with Gasteiger partial charge in [0.2, 0.25) is 5.91 Å². The molecule has 0 aromatic rings. The van der Waals surface area contributed by atoms with Crippen molar-refractivity contribution in [3.63, 3.8) is 0 Å². The molecule has 0 aliphatic rings. The standard InChI is InChI=1S/C9H17NO/c1-4-5-9(11)10-7-6-8(2)3/h4,8H,1,5-7H2,2-3H3,(H,10,11). The van der Waals surface area contributed by atoms with E-state index in [9.17, 15) is 4.79 Å². The third-order valence-electron chi connectivity index (χ3n) is 1.37. The molecule has 0 atom stereocenters. The maximum Gasteiger partial charge on any atom is 0.223 e. The second kappa shape index (κ2) is 5.96. The van der Waals surface area contributed by atoms with E-state index >= 15 is 0 Å². The minimum absolute atomic E-state index is 0.0700. The summed E-state index contributed by atoms with van der Waals surface area (Å²) in [7, 11) is 0. The summed E-state index contributed by atoms with van der Waals surface area (Å²) in [5.41, 5.74) is 0. The van der Waals surface area contributed by atoms with Gasteiger partial charge in [-0.05, 0) is 12.3 Å².